The highest BCUT2D eigenvalue weighted by Gasteiger charge is 2.52. The van der Waals surface area contributed by atoms with Gasteiger partial charge in [-0.2, -0.15) is 13.2 Å². The minimum absolute atomic E-state index is 0.154. The maximum atomic E-state index is 13.2. The molecule has 2 aliphatic rings. The Kier molecular flexibility index (Phi) is 4.51. The fraction of sp³-hybridized carbons (Fsp3) is 0.556. The molecular weight excluding hydrogens is 333 g/mol. The molecule has 7 heteroatoms. The van der Waals surface area contributed by atoms with Crippen molar-refractivity contribution in [2.45, 2.75) is 50.6 Å². The van der Waals surface area contributed by atoms with Crippen LogP contribution in [-0.2, 0) is 15.0 Å². The van der Waals surface area contributed by atoms with E-state index in [9.17, 15) is 22.8 Å². The van der Waals surface area contributed by atoms with Crippen molar-refractivity contribution in [2.24, 2.45) is 0 Å². The zero-order valence-corrected chi connectivity index (χ0v) is 14.1. The number of carbonyl (C=O) groups excluding carboxylic acids is 2. The standard InChI is InChI=1S/C18H21F3N2O2/c1-12-6-5-7-13-15(12)17(8-3-2-4-9-17)16(25)23(13)10-14(24)22-11-18(19,20)21/h5-7H,2-4,8-11H2,1H3,(H,22,24). The Morgan fingerprint density at radius 2 is 1.92 bits per heavy atom. The van der Waals surface area contributed by atoms with Crippen molar-refractivity contribution < 1.29 is 22.8 Å². The summed E-state index contributed by atoms with van der Waals surface area (Å²) in [7, 11) is 0. The van der Waals surface area contributed by atoms with E-state index in [-0.39, 0.29) is 12.5 Å². The van der Waals surface area contributed by atoms with Crippen molar-refractivity contribution in [1.82, 2.24) is 5.32 Å². The van der Waals surface area contributed by atoms with Gasteiger partial charge in [-0.1, -0.05) is 31.4 Å². The number of nitrogens with zero attached hydrogens (tertiary/aromatic N) is 1. The third-order valence-electron chi connectivity index (χ3n) is 5.17. The summed E-state index contributed by atoms with van der Waals surface area (Å²) in [6, 6.07) is 5.53. The second-order valence-electron chi connectivity index (χ2n) is 6.90. The van der Waals surface area contributed by atoms with Gasteiger partial charge in [-0.15, -0.1) is 0 Å². The second kappa shape index (κ2) is 6.35. The lowest BCUT2D eigenvalue weighted by Crippen LogP contribution is -2.46. The quantitative estimate of drug-likeness (QED) is 0.906. The lowest BCUT2D eigenvalue weighted by atomic mass is 9.69. The van der Waals surface area contributed by atoms with Gasteiger partial charge in [0.1, 0.15) is 13.1 Å². The molecule has 1 heterocycles. The van der Waals surface area contributed by atoms with Crippen molar-refractivity contribution in [3.63, 3.8) is 0 Å². The highest BCUT2D eigenvalue weighted by Crippen LogP contribution is 2.51. The van der Waals surface area contributed by atoms with Gasteiger partial charge in [0.2, 0.25) is 11.8 Å². The predicted molar refractivity (Wildman–Crippen MR) is 87.4 cm³/mol. The molecule has 136 valence electrons. The number of halogens is 3. The van der Waals surface area contributed by atoms with Crippen molar-refractivity contribution in [3.05, 3.63) is 29.3 Å². The molecule has 1 aliphatic carbocycles. The number of fused-ring (bicyclic) bond motifs is 2. The lowest BCUT2D eigenvalue weighted by Gasteiger charge is -2.33. The highest BCUT2D eigenvalue weighted by molar-refractivity contribution is 6.11. The van der Waals surface area contributed by atoms with E-state index in [0.717, 1.165) is 43.2 Å². The van der Waals surface area contributed by atoms with E-state index in [1.54, 1.807) is 6.07 Å². The first-order valence-corrected chi connectivity index (χ1v) is 8.50. The fourth-order valence-electron chi connectivity index (χ4n) is 4.15. The third kappa shape index (κ3) is 3.24. The molecule has 1 saturated carbocycles. The Labute approximate surface area is 144 Å². The highest BCUT2D eigenvalue weighted by atomic mass is 19.4. The van der Waals surface area contributed by atoms with Crippen molar-refractivity contribution >= 4 is 17.5 Å². The first kappa shape index (κ1) is 17.8. The molecule has 1 aromatic carbocycles. The Hall–Kier alpha value is -2.05. The van der Waals surface area contributed by atoms with E-state index in [4.69, 9.17) is 0 Å². The average Bonchev–Trinajstić information content (AvgIpc) is 2.77. The summed E-state index contributed by atoms with van der Waals surface area (Å²) in [4.78, 5) is 26.5. The topological polar surface area (TPSA) is 49.4 Å². The van der Waals surface area contributed by atoms with E-state index < -0.39 is 24.0 Å². The number of carbonyl (C=O) groups is 2. The maximum Gasteiger partial charge on any atom is 0.405 e. The van der Waals surface area contributed by atoms with Crippen LogP contribution in [0.4, 0.5) is 18.9 Å². The number of nitrogens with one attached hydrogen (secondary N) is 1. The summed E-state index contributed by atoms with van der Waals surface area (Å²) in [5, 5.41) is 1.85. The van der Waals surface area contributed by atoms with E-state index >= 15 is 0 Å². The number of amides is 2. The summed E-state index contributed by atoms with van der Waals surface area (Å²) >= 11 is 0. The SMILES string of the molecule is Cc1cccc2c1C1(CCCCC1)C(=O)N2CC(=O)NCC(F)(F)F. The van der Waals surface area contributed by atoms with Gasteiger partial charge in [-0.3, -0.25) is 9.59 Å². The largest absolute Gasteiger partial charge is 0.405 e. The number of benzene rings is 1. The number of hydrogen-bond acceptors (Lipinski definition) is 2. The lowest BCUT2D eigenvalue weighted by molar-refractivity contribution is -0.138. The Morgan fingerprint density at radius 1 is 1.24 bits per heavy atom. The summed E-state index contributed by atoms with van der Waals surface area (Å²) in [5.41, 5.74) is 1.98. The average molecular weight is 354 g/mol. The zero-order chi connectivity index (χ0) is 18.2. The Morgan fingerprint density at radius 3 is 2.56 bits per heavy atom. The number of hydrogen-bond donors (Lipinski definition) is 1. The molecule has 0 aromatic heterocycles. The molecule has 1 spiro atoms. The van der Waals surface area contributed by atoms with Crippen LogP contribution in [0, 0.1) is 6.92 Å². The van der Waals surface area contributed by atoms with Gasteiger partial charge in [0, 0.05) is 5.69 Å². The molecule has 0 bridgehead atoms. The van der Waals surface area contributed by atoms with E-state index in [0.29, 0.717) is 5.69 Å². The molecule has 3 rings (SSSR count). The van der Waals surface area contributed by atoms with Crippen molar-refractivity contribution in [2.75, 3.05) is 18.0 Å². The van der Waals surface area contributed by atoms with Crippen LogP contribution in [0.1, 0.15) is 43.2 Å². The third-order valence-corrected chi connectivity index (χ3v) is 5.17. The van der Waals surface area contributed by atoms with Gasteiger partial charge in [0.05, 0.1) is 5.41 Å². The van der Waals surface area contributed by atoms with Gasteiger partial charge >= 0.3 is 6.18 Å². The molecular formula is C18H21F3N2O2. The molecule has 1 aromatic rings. The van der Waals surface area contributed by atoms with Gasteiger partial charge in [-0.05, 0) is 37.0 Å². The number of alkyl halides is 3. The Balaban J connectivity index is 1.88. The predicted octanol–water partition coefficient (Wildman–Crippen LogP) is 3.22. The van der Waals surface area contributed by atoms with Crippen LogP contribution in [0.25, 0.3) is 0 Å². The second-order valence-corrected chi connectivity index (χ2v) is 6.90. The normalized spacial score (nSPS) is 19.2. The molecule has 1 fully saturated rings. The summed E-state index contributed by atoms with van der Waals surface area (Å²) < 4.78 is 36.9. The summed E-state index contributed by atoms with van der Waals surface area (Å²) in [6.45, 7) is 0.169. The molecule has 1 aliphatic heterocycles. The summed E-state index contributed by atoms with van der Waals surface area (Å²) in [5.74, 6) is -0.954. The molecule has 0 radical (unpaired) electrons. The number of aryl methyl sites for hydroxylation is 1. The van der Waals surface area contributed by atoms with Crippen LogP contribution in [0.5, 0.6) is 0 Å². The number of rotatable bonds is 3. The molecule has 0 atom stereocenters. The van der Waals surface area contributed by atoms with Crippen LogP contribution < -0.4 is 10.2 Å². The number of anilines is 1. The minimum Gasteiger partial charge on any atom is -0.345 e. The maximum absolute atomic E-state index is 13.2. The van der Waals surface area contributed by atoms with Gasteiger partial charge < -0.3 is 10.2 Å². The van der Waals surface area contributed by atoms with E-state index in [1.165, 1.54) is 4.90 Å². The molecule has 4 nitrogen and oxygen atoms in total. The minimum atomic E-state index is -4.47. The van der Waals surface area contributed by atoms with Crippen LogP contribution in [0.3, 0.4) is 0 Å². The first-order chi connectivity index (χ1) is 11.7. The van der Waals surface area contributed by atoms with Crippen LogP contribution >= 0.6 is 0 Å². The molecule has 2 amide bonds. The van der Waals surface area contributed by atoms with E-state index in [2.05, 4.69) is 0 Å². The van der Waals surface area contributed by atoms with Gasteiger partial charge in [0.15, 0.2) is 0 Å². The molecule has 0 unspecified atom stereocenters. The molecule has 0 saturated heterocycles. The first-order valence-electron chi connectivity index (χ1n) is 8.50. The van der Waals surface area contributed by atoms with Crippen LogP contribution in [0.15, 0.2) is 18.2 Å². The van der Waals surface area contributed by atoms with Crippen molar-refractivity contribution in [1.29, 1.82) is 0 Å². The monoisotopic (exact) mass is 354 g/mol. The van der Waals surface area contributed by atoms with Crippen molar-refractivity contribution in [3.8, 4) is 0 Å². The van der Waals surface area contributed by atoms with Gasteiger partial charge in [-0.25, -0.2) is 0 Å². The molecule has 1 N–H and O–H groups in total. The fourth-order valence-corrected chi connectivity index (χ4v) is 4.15. The molecule has 25 heavy (non-hydrogen) atoms. The summed E-state index contributed by atoms with van der Waals surface area (Å²) in [6.07, 6.45) is -0.0674. The van der Waals surface area contributed by atoms with Crippen LogP contribution in [-0.4, -0.2) is 31.1 Å². The zero-order valence-electron chi connectivity index (χ0n) is 14.1. The van der Waals surface area contributed by atoms with Gasteiger partial charge in [0.25, 0.3) is 0 Å². The van der Waals surface area contributed by atoms with Crippen LogP contribution in [0.2, 0.25) is 0 Å². The van der Waals surface area contributed by atoms with E-state index in [1.807, 2.05) is 24.4 Å². The Bertz CT molecular complexity index is 694. The smallest absolute Gasteiger partial charge is 0.345 e.